The molecule has 0 rings (SSSR count). The molecule has 0 aromatic rings. The van der Waals surface area contributed by atoms with Gasteiger partial charge in [0.25, 0.3) is 5.91 Å². The van der Waals surface area contributed by atoms with E-state index in [1.807, 2.05) is 0 Å². The molecule has 0 radical (unpaired) electrons. The summed E-state index contributed by atoms with van der Waals surface area (Å²) in [6.45, 7) is 2.62. The third-order valence-corrected chi connectivity index (χ3v) is 4.25. The summed E-state index contributed by atoms with van der Waals surface area (Å²) in [5.74, 6) is -4.28. The van der Waals surface area contributed by atoms with Crippen LogP contribution in [0.1, 0.15) is 52.4 Å². The number of carbonyl (C=O) groups excluding carboxylic acids is 4. The molecule has 0 spiro atoms. The van der Waals surface area contributed by atoms with E-state index in [1.165, 1.54) is 6.92 Å². The largest absolute Gasteiger partial charge is 0.481 e. The second-order valence-electron chi connectivity index (χ2n) is 7.08. The Kier molecular flexibility index (Phi) is 13.0. The van der Waals surface area contributed by atoms with Crippen LogP contribution in [0.4, 0.5) is 0 Å². The summed E-state index contributed by atoms with van der Waals surface area (Å²) in [5.41, 5.74) is -2.45. The van der Waals surface area contributed by atoms with Crippen molar-refractivity contribution in [1.29, 1.82) is 0 Å². The lowest BCUT2D eigenvalue weighted by Crippen LogP contribution is -2.51. The van der Waals surface area contributed by atoms with Gasteiger partial charge in [-0.2, -0.15) is 0 Å². The number of unbranched alkanes of at least 4 members (excludes halogenated alkanes) is 2. The number of carboxylic acids is 1. The summed E-state index contributed by atoms with van der Waals surface area (Å²) in [4.78, 5) is 57.1. The molecule has 0 aliphatic carbocycles. The summed E-state index contributed by atoms with van der Waals surface area (Å²) in [5, 5.41) is 43.7. The molecule has 0 saturated carbocycles. The number of rotatable bonds is 15. The summed E-state index contributed by atoms with van der Waals surface area (Å²) in [7, 11) is 0. The van der Waals surface area contributed by atoms with Crippen molar-refractivity contribution in [2.75, 3.05) is 26.2 Å². The molecule has 0 bridgehead atoms. The average molecular weight is 448 g/mol. The number of carbonyl (C=O) groups is 5. The van der Waals surface area contributed by atoms with Gasteiger partial charge in [0.15, 0.2) is 5.60 Å². The molecule has 0 heterocycles. The molecule has 13 heteroatoms. The highest BCUT2D eigenvalue weighted by Gasteiger charge is 2.40. The molecule has 13 nitrogen and oxygen atoms in total. The molecule has 4 amide bonds. The van der Waals surface area contributed by atoms with Crippen molar-refractivity contribution in [2.45, 2.75) is 58.0 Å². The van der Waals surface area contributed by atoms with Gasteiger partial charge in [-0.25, -0.2) is 10.1 Å². The van der Waals surface area contributed by atoms with Crippen LogP contribution in [0.25, 0.3) is 0 Å². The van der Waals surface area contributed by atoms with Gasteiger partial charge in [-0.1, -0.05) is 0 Å². The Bertz CT molecular complexity index is 644. The minimum absolute atomic E-state index is 0.0318. The van der Waals surface area contributed by atoms with Gasteiger partial charge in [-0.3, -0.25) is 34.4 Å². The summed E-state index contributed by atoms with van der Waals surface area (Å²) < 4.78 is 0. The van der Waals surface area contributed by atoms with Crippen LogP contribution in [-0.4, -0.2) is 92.1 Å². The Morgan fingerprint density at radius 3 is 1.81 bits per heavy atom. The monoisotopic (exact) mass is 448 g/mol. The average Bonchev–Trinajstić information content (AvgIpc) is 2.66. The van der Waals surface area contributed by atoms with E-state index in [0.717, 1.165) is 6.92 Å². The topological polar surface area (TPSA) is 197 Å². The maximum Gasteiger partial charge on any atom is 0.306 e. The number of carboxylic acid groups (broad SMARTS) is 1. The molecule has 0 aromatic carbocycles. The Morgan fingerprint density at radius 1 is 0.774 bits per heavy atom. The van der Waals surface area contributed by atoms with Crippen LogP contribution in [-0.2, 0) is 24.0 Å². The van der Waals surface area contributed by atoms with E-state index >= 15 is 0 Å². The van der Waals surface area contributed by atoms with E-state index in [0.29, 0.717) is 29.4 Å². The van der Waals surface area contributed by atoms with E-state index in [1.54, 1.807) is 0 Å². The lowest BCUT2D eigenvalue weighted by Gasteiger charge is -2.25. The normalized spacial score (nSPS) is 12.4. The predicted molar refractivity (Wildman–Crippen MR) is 105 cm³/mol. The van der Waals surface area contributed by atoms with Gasteiger partial charge in [0.2, 0.25) is 17.7 Å². The van der Waals surface area contributed by atoms with Crippen LogP contribution in [0, 0.1) is 0 Å². The zero-order valence-corrected chi connectivity index (χ0v) is 17.8. The second kappa shape index (κ2) is 14.3. The molecule has 0 aromatic heterocycles. The number of amides is 4. The lowest BCUT2D eigenvalue weighted by molar-refractivity contribution is -0.163. The molecule has 1 atom stereocenters. The number of hydroxylamine groups is 4. The lowest BCUT2D eigenvalue weighted by atomic mass is 9.93. The molecule has 178 valence electrons. The van der Waals surface area contributed by atoms with E-state index in [-0.39, 0.29) is 32.6 Å². The number of aliphatic carboxylic acids is 1. The van der Waals surface area contributed by atoms with Gasteiger partial charge in [0, 0.05) is 33.5 Å². The highest BCUT2D eigenvalue weighted by Crippen LogP contribution is 2.16. The zero-order valence-electron chi connectivity index (χ0n) is 17.8. The van der Waals surface area contributed by atoms with E-state index in [9.17, 15) is 39.5 Å². The first kappa shape index (κ1) is 28.2. The van der Waals surface area contributed by atoms with Crippen LogP contribution in [0.2, 0.25) is 0 Å². The first-order chi connectivity index (χ1) is 14.4. The molecular formula is C18H32N4O9. The second-order valence-corrected chi connectivity index (χ2v) is 7.08. The smallest absolute Gasteiger partial charge is 0.306 e. The summed E-state index contributed by atoms with van der Waals surface area (Å²) in [6.07, 6.45) is -0.0774. The molecule has 0 saturated heterocycles. The van der Waals surface area contributed by atoms with Crippen LogP contribution in [0.3, 0.4) is 0 Å². The fourth-order valence-corrected chi connectivity index (χ4v) is 2.50. The van der Waals surface area contributed by atoms with E-state index < -0.39 is 48.0 Å². The number of nitrogens with one attached hydrogen (secondary N) is 2. The van der Waals surface area contributed by atoms with Gasteiger partial charge in [0.05, 0.1) is 19.4 Å². The highest BCUT2D eigenvalue weighted by atomic mass is 16.5. The summed E-state index contributed by atoms with van der Waals surface area (Å²) in [6, 6.07) is 0. The van der Waals surface area contributed by atoms with Gasteiger partial charge >= 0.3 is 5.97 Å². The van der Waals surface area contributed by atoms with Crippen LogP contribution in [0.15, 0.2) is 0 Å². The van der Waals surface area contributed by atoms with Crippen LogP contribution in [0.5, 0.6) is 0 Å². The molecule has 0 unspecified atom stereocenters. The predicted octanol–water partition coefficient (Wildman–Crippen LogP) is -1.15. The van der Waals surface area contributed by atoms with Crippen LogP contribution >= 0.6 is 0 Å². The third-order valence-electron chi connectivity index (χ3n) is 4.25. The van der Waals surface area contributed by atoms with Crippen molar-refractivity contribution in [3.63, 3.8) is 0 Å². The number of hydrogen-bond acceptors (Lipinski definition) is 8. The van der Waals surface area contributed by atoms with Crippen molar-refractivity contribution < 1.29 is 44.6 Å². The zero-order chi connectivity index (χ0) is 24.0. The van der Waals surface area contributed by atoms with Gasteiger partial charge in [-0.15, -0.1) is 0 Å². The van der Waals surface area contributed by atoms with Crippen molar-refractivity contribution in [2.24, 2.45) is 0 Å². The fourth-order valence-electron chi connectivity index (χ4n) is 2.50. The molecule has 31 heavy (non-hydrogen) atoms. The number of hydrogen-bond donors (Lipinski definition) is 6. The Morgan fingerprint density at radius 2 is 1.29 bits per heavy atom. The van der Waals surface area contributed by atoms with Crippen LogP contribution < -0.4 is 10.6 Å². The minimum Gasteiger partial charge on any atom is -0.481 e. The summed E-state index contributed by atoms with van der Waals surface area (Å²) >= 11 is 0. The van der Waals surface area contributed by atoms with Crippen molar-refractivity contribution in [3.8, 4) is 0 Å². The molecule has 0 aliphatic heterocycles. The number of nitrogens with zero attached hydrogens (tertiary/aromatic N) is 2. The third kappa shape index (κ3) is 12.5. The maximum atomic E-state index is 12.3. The van der Waals surface area contributed by atoms with Gasteiger partial charge < -0.3 is 20.8 Å². The van der Waals surface area contributed by atoms with E-state index in [2.05, 4.69) is 10.6 Å². The van der Waals surface area contributed by atoms with Crippen molar-refractivity contribution in [1.82, 2.24) is 20.8 Å². The first-order valence-corrected chi connectivity index (χ1v) is 9.82. The minimum atomic E-state index is -2.45. The highest BCUT2D eigenvalue weighted by molar-refractivity contribution is 5.94. The van der Waals surface area contributed by atoms with E-state index in [4.69, 9.17) is 5.11 Å². The first-order valence-electron chi connectivity index (χ1n) is 9.82. The van der Waals surface area contributed by atoms with Gasteiger partial charge in [-0.05, 0) is 25.7 Å². The van der Waals surface area contributed by atoms with Crippen molar-refractivity contribution in [3.05, 3.63) is 0 Å². The quantitative estimate of drug-likeness (QED) is 0.102. The number of aliphatic hydroxyl groups is 1. The molecule has 0 fully saturated rings. The van der Waals surface area contributed by atoms with Crippen molar-refractivity contribution >= 4 is 29.6 Å². The Hall–Kier alpha value is -2.77. The maximum absolute atomic E-state index is 12.3. The standard InChI is InChI=1S/C18H32N4O9/c1-13(23)21(30)9-5-3-4-7-20-17(28)18(29,12-16(26)27)11-15(25)19-8-6-10-22(31)14(2)24/h29-31H,3-12H2,1-2H3,(H,19,25)(H,20,28)(H,26,27)/t18-/m0/s1. The SMILES string of the molecule is CC(=O)N(O)CCCCCNC(=O)[C@@](O)(CC(=O)O)CC(=O)NCCCN(O)C(C)=O. The molecule has 6 N–H and O–H groups in total. The molecule has 0 aliphatic rings. The fraction of sp³-hybridized carbons (Fsp3) is 0.722. The Labute approximate surface area is 179 Å². The Balaban J connectivity index is 4.47. The molecular weight excluding hydrogens is 416 g/mol. The van der Waals surface area contributed by atoms with Gasteiger partial charge in [0.1, 0.15) is 0 Å².